The number of nitrogens with zero attached hydrogens (tertiary/aromatic N) is 2. The molecule has 2 N–H and O–H groups in total. The highest BCUT2D eigenvalue weighted by atomic mass is 16.5. The summed E-state index contributed by atoms with van der Waals surface area (Å²) in [6, 6.07) is 9.31. The standard InChI is InChI=1S/C18H26N4O3/c1-3-19-18(22-11-9-14(10-12-22)17(24)25-2)20-13-16(23)21-15-7-5-4-6-8-15/h4-8,14H,3,9-13H2,1-2H3,(H,19,20)(H,21,23). The fourth-order valence-corrected chi connectivity index (χ4v) is 2.79. The van der Waals surface area contributed by atoms with Crippen LogP contribution in [0.3, 0.4) is 0 Å². The van der Waals surface area contributed by atoms with Crippen LogP contribution in [0.5, 0.6) is 0 Å². The first-order valence-electron chi connectivity index (χ1n) is 8.60. The van der Waals surface area contributed by atoms with Gasteiger partial charge in [0.2, 0.25) is 5.91 Å². The number of carbonyl (C=O) groups is 2. The number of anilines is 1. The number of guanidine groups is 1. The van der Waals surface area contributed by atoms with Crippen molar-refractivity contribution in [3.63, 3.8) is 0 Å². The predicted molar refractivity (Wildman–Crippen MR) is 97.4 cm³/mol. The topological polar surface area (TPSA) is 83.0 Å². The van der Waals surface area contributed by atoms with E-state index in [0.29, 0.717) is 19.0 Å². The number of likely N-dealkylation sites (tertiary alicyclic amines) is 1. The summed E-state index contributed by atoms with van der Waals surface area (Å²) in [6.45, 7) is 4.18. The van der Waals surface area contributed by atoms with Gasteiger partial charge >= 0.3 is 5.97 Å². The number of methoxy groups -OCH3 is 1. The number of aliphatic imine (C=N–C) groups is 1. The Labute approximate surface area is 148 Å². The van der Waals surface area contributed by atoms with Gasteiger partial charge in [0, 0.05) is 25.3 Å². The summed E-state index contributed by atoms with van der Waals surface area (Å²) in [7, 11) is 1.42. The van der Waals surface area contributed by atoms with Gasteiger partial charge < -0.3 is 20.3 Å². The molecule has 1 aliphatic heterocycles. The molecule has 7 nitrogen and oxygen atoms in total. The van der Waals surface area contributed by atoms with Crippen molar-refractivity contribution in [2.45, 2.75) is 19.8 Å². The maximum absolute atomic E-state index is 12.1. The lowest BCUT2D eigenvalue weighted by Crippen LogP contribution is -2.47. The van der Waals surface area contributed by atoms with E-state index < -0.39 is 0 Å². The molecule has 0 bridgehead atoms. The number of rotatable bonds is 5. The zero-order chi connectivity index (χ0) is 18.1. The number of hydrogen-bond acceptors (Lipinski definition) is 4. The molecule has 1 amide bonds. The first kappa shape index (κ1) is 18.8. The highest BCUT2D eigenvalue weighted by Crippen LogP contribution is 2.18. The lowest BCUT2D eigenvalue weighted by Gasteiger charge is -2.33. The van der Waals surface area contributed by atoms with Crippen molar-refractivity contribution in [2.24, 2.45) is 10.9 Å². The maximum Gasteiger partial charge on any atom is 0.308 e. The van der Waals surface area contributed by atoms with E-state index >= 15 is 0 Å². The van der Waals surface area contributed by atoms with Crippen LogP contribution in [0, 0.1) is 5.92 Å². The number of benzene rings is 1. The Morgan fingerprint density at radius 3 is 2.52 bits per heavy atom. The zero-order valence-electron chi connectivity index (χ0n) is 14.8. The zero-order valence-corrected chi connectivity index (χ0v) is 14.8. The number of hydrogen-bond donors (Lipinski definition) is 2. The highest BCUT2D eigenvalue weighted by molar-refractivity contribution is 5.94. The van der Waals surface area contributed by atoms with Gasteiger partial charge in [0.1, 0.15) is 6.54 Å². The molecule has 0 aromatic heterocycles. The van der Waals surface area contributed by atoms with E-state index in [1.165, 1.54) is 7.11 Å². The van der Waals surface area contributed by atoms with Crippen LogP contribution < -0.4 is 10.6 Å². The van der Waals surface area contributed by atoms with Crippen molar-refractivity contribution >= 4 is 23.5 Å². The van der Waals surface area contributed by atoms with E-state index in [9.17, 15) is 9.59 Å². The Bertz CT molecular complexity index is 596. The Morgan fingerprint density at radius 2 is 1.92 bits per heavy atom. The molecular formula is C18H26N4O3. The number of amides is 1. The molecule has 0 unspecified atom stereocenters. The van der Waals surface area contributed by atoms with E-state index in [0.717, 1.165) is 25.1 Å². The summed E-state index contributed by atoms with van der Waals surface area (Å²) < 4.78 is 4.81. The van der Waals surface area contributed by atoms with Crippen molar-refractivity contribution in [1.82, 2.24) is 10.2 Å². The minimum Gasteiger partial charge on any atom is -0.469 e. The molecule has 7 heteroatoms. The molecule has 1 aromatic rings. The molecule has 0 atom stereocenters. The van der Waals surface area contributed by atoms with Crippen LogP contribution in [0.4, 0.5) is 5.69 Å². The minimum atomic E-state index is -0.161. The average Bonchev–Trinajstić information content (AvgIpc) is 2.65. The Hall–Kier alpha value is -2.57. The number of ether oxygens (including phenoxy) is 1. The smallest absolute Gasteiger partial charge is 0.308 e. The summed E-state index contributed by atoms with van der Waals surface area (Å²) in [5, 5.41) is 6.03. The van der Waals surface area contributed by atoms with E-state index in [1.54, 1.807) is 0 Å². The van der Waals surface area contributed by atoms with Gasteiger partial charge in [-0.15, -0.1) is 0 Å². The normalized spacial score (nSPS) is 15.6. The van der Waals surface area contributed by atoms with Crippen LogP contribution >= 0.6 is 0 Å². The molecule has 136 valence electrons. The summed E-state index contributed by atoms with van der Waals surface area (Å²) in [4.78, 5) is 30.2. The molecule has 25 heavy (non-hydrogen) atoms. The number of nitrogens with one attached hydrogen (secondary N) is 2. The first-order chi connectivity index (χ1) is 12.1. The lowest BCUT2D eigenvalue weighted by molar-refractivity contribution is -0.146. The molecule has 2 rings (SSSR count). The third-order valence-corrected chi connectivity index (χ3v) is 4.09. The number of para-hydroxylation sites is 1. The monoisotopic (exact) mass is 346 g/mol. The fraction of sp³-hybridized carbons (Fsp3) is 0.500. The summed E-state index contributed by atoms with van der Waals surface area (Å²) in [6.07, 6.45) is 1.46. The molecule has 1 saturated heterocycles. The Morgan fingerprint density at radius 1 is 1.24 bits per heavy atom. The van der Waals surface area contributed by atoms with Crippen LogP contribution in [-0.2, 0) is 14.3 Å². The Balaban J connectivity index is 1.90. The summed E-state index contributed by atoms with van der Waals surface area (Å²) >= 11 is 0. The molecule has 1 fully saturated rings. The SMILES string of the molecule is CCNC(=NCC(=O)Nc1ccccc1)N1CCC(C(=O)OC)CC1. The molecule has 1 heterocycles. The Kier molecular flexibility index (Phi) is 7.25. The van der Waals surface area contributed by atoms with Gasteiger partial charge in [-0.1, -0.05) is 18.2 Å². The first-order valence-corrected chi connectivity index (χ1v) is 8.60. The molecule has 0 aliphatic carbocycles. The van der Waals surface area contributed by atoms with Crippen molar-refractivity contribution in [3.05, 3.63) is 30.3 Å². The number of carbonyl (C=O) groups excluding carboxylic acids is 2. The van der Waals surface area contributed by atoms with Crippen LogP contribution in [-0.4, -0.2) is 56.0 Å². The second-order valence-electron chi connectivity index (χ2n) is 5.87. The molecular weight excluding hydrogens is 320 g/mol. The predicted octanol–water partition coefficient (Wildman–Crippen LogP) is 1.48. The third kappa shape index (κ3) is 5.77. The van der Waals surface area contributed by atoms with Crippen LogP contribution in [0.15, 0.2) is 35.3 Å². The second kappa shape index (κ2) is 9.66. The molecule has 0 spiro atoms. The van der Waals surface area contributed by atoms with E-state index in [1.807, 2.05) is 37.3 Å². The van der Waals surface area contributed by atoms with Gasteiger partial charge in [-0.2, -0.15) is 0 Å². The van der Waals surface area contributed by atoms with Gasteiger partial charge in [0.15, 0.2) is 5.96 Å². The van der Waals surface area contributed by atoms with Crippen LogP contribution in [0.2, 0.25) is 0 Å². The summed E-state index contributed by atoms with van der Waals surface area (Å²) in [5.74, 6) is 0.342. The van der Waals surface area contributed by atoms with Gasteiger partial charge in [-0.25, -0.2) is 4.99 Å². The molecule has 1 aliphatic rings. The van der Waals surface area contributed by atoms with Crippen molar-refractivity contribution in [2.75, 3.05) is 38.6 Å². The van der Waals surface area contributed by atoms with Gasteiger partial charge in [-0.05, 0) is 31.9 Å². The van der Waals surface area contributed by atoms with E-state index in [2.05, 4.69) is 20.5 Å². The molecule has 1 aromatic carbocycles. The lowest BCUT2D eigenvalue weighted by atomic mass is 9.97. The summed E-state index contributed by atoms with van der Waals surface area (Å²) in [5.41, 5.74) is 0.756. The average molecular weight is 346 g/mol. The fourth-order valence-electron chi connectivity index (χ4n) is 2.79. The minimum absolute atomic E-state index is 0.0498. The van der Waals surface area contributed by atoms with Gasteiger partial charge in [0.05, 0.1) is 13.0 Å². The van der Waals surface area contributed by atoms with Gasteiger partial charge in [0.25, 0.3) is 0 Å². The van der Waals surface area contributed by atoms with Crippen LogP contribution in [0.1, 0.15) is 19.8 Å². The van der Waals surface area contributed by atoms with Crippen molar-refractivity contribution in [3.8, 4) is 0 Å². The maximum atomic E-state index is 12.1. The molecule has 0 radical (unpaired) electrons. The van der Waals surface area contributed by atoms with E-state index in [4.69, 9.17) is 4.74 Å². The van der Waals surface area contributed by atoms with E-state index in [-0.39, 0.29) is 24.3 Å². The number of esters is 1. The van der Waals surface area contributed by atoms with Crippen LogP contribution in [0.25, 0.3) is 0 Å². The van der Waals surface area contributed by atoms with Gasteiger partial charge in [-0.3, -0.25) is 9.59 Å². The van der Waals surface area contributed by atoms with Crippen molar-refractivity contribution in [1.29, 1.82) is 0 Å². The largest absolute Gasteiger partial charge is 0.469 e. The highest BCUT2D eigenvalue weighted by Gasteiger charge is 2.27. The van der Waals surface area contributed by atoms with Crippen molar-refractivity contribution < 1.29 is 14.3 Å². The third-order valence-electron chi connectivity index (χ3n) is 4.09. The number of piperidine rings is 1. The second-order valence-corrected chi connectivity index (χ2v) is 5.87. The molecule has 0 saturated carbocycles. The quantitative estimate of drug-likeness (QED) is 0.479.